The molecule has 0 aliphatic rings. The van der Waals surface area contributed by atoms with Crippen LogP contribution in [0.15, 0.2) is 18.2 Å². The predicted octanol–water partition coefficient (Wildman–Crippen LogP) is 0.312. The molecule has 9 heteroatoms. The fourth-order valence-corrected chi connectivity index (χ4v) is 1.10. The summed E-state index contributed by atoms with van der Waals surface area (Å²) in [7, 11) is 0. The molecule has 2 amide bonds. The van der Waals surface area contributed by atoms with Crippen LogP contribution in [0.1, 0.15) is 0 Å². The van der Waals surface area contributed by atoms with E-state index in [1.807, 2.05) is 10.6 Å². The predicted molar refractivity (Wildman–Crippen MR) is 60.3 cm³/mol. The first-order valence-electron chi connectivity index (χ1n) is 4.85. The number of benzene rings is 1. The maximum Gasteiger partial charge on any atom is 0.313 e. The molecule has 0 heterocycles. The van der Waals surface area contributed by atoms with Crippen molar-refractivity contribution in [2.75, 3.05) is 11.9 Å². The molecule has 8 nitrogen and oxygen atoms in total. The van der Waals surface area contributed by atoms with Crippen molar-refractivity contribution in [2.24, 2.45) is 0 Å². The first-order chi connectivity index (χ1) is 8.95. The summed E-state index contributed by atoms with van der Waals surface area (Å²) in [5.74, 6) is -3.34. The molecule has 0 fully saturated rings. The van der Waals surface area contributed by atoms with E-state index in [0.29, 0.717) is 6.07 Å². The smallest absolute Gasteiger partial charge is 0.313 e. The number of halogens is 1. The summed E-state index contributed by atoms with van der Waals surface area (Å²) >= 11 is 0. The lowest BCUT2D eigenvalue weighted by Crippen LogP contribution is -2.35. The average molecular weight is 266 g/mol. The van der Waals surface area contributed by atoms with E-state index in [0.717, 1.165) is 12.1 Å². The Kier molecular flexibility index (Phi) is 4.48. The number of hydrogen-bond acceptors (Lipinski definition) is 5. The Balaban J connectivity index is 2.78. The highest BCUT2D eigenvalue weighted by Gasteiger charge is 2.17. The van der Waals surface area contributed by atoms with Gasteiger partial charge in [-0.15, -0.1) is 0 Å². The normalized spacial score (nSPS) is 9.26. The number of hydrogen-bond donors (Lipinski definition) is 2. The van der Waals surface area contributed by atoms with Gasteiger partial charge in [0.05, 0.1) is 22.7 Å². The lowest BCUT2D eigenvalue weighted by molar-refractivity contribution is -0.385. The molecule has 1 aromatic carbocycles. The highest BCUT2D eigenvalue weighted by molar-refractivity contribution is 6.39. The summed E-state index contributed by atoms with van der Waals surface area (Å²) in [6.07, 6.45) is 0. The Morgan fingerprint density at radius 2 is 2.11 bits per heavy atom. The fraction of sp³-hybridized carbons (Fsp3) is 0.100. The van der Waals surface area contributed by atoms with Gasteiger partial charge >= 0.3 is 11.8 Å². The third-order valence-corrected chi connectivity index (χ3v) is 1.95. The molecule has 1 rings (SSSR count). The van der Waals surface area contributed by atoms with E-state index in [9.17, 15) is 24.1 Å². The van der Waals surface area contributed by atoms with E-state index >= 15 is 0 Å². The van der Waals surface area contributed by atoms with Gasteiger partial charge in [0.2, 0.25) is 0 Å². The summed E-state index contributed by atoms with van der Waals surface area (Å²) in [6.45, 7) is -0.366. The quantitative estimate of drug-likeness (QED) is 0.352. The maximum atomic E-state index is 13.4. The van der Waals surface area contributed by atoms with E-state index in [2.05, 4.69) is 0 Å². The first kappa shape index (κ1) is 14.0. The van der Waals surface area contributed by atoms with Crippen LogP contribution in [-0.2, 0) is 9.59 Å². The number of nitrogens with zero attached hydrogens (tertiary/aromatic N) is 2. The highest BCUT2D eigenvalue weighted by Crippen LogP contribution is 2.20. The van der Waals surface area contributed by atoms with Crippen molar-refractivity contribution in [3.63, 3.8) is 0 Å². The first-order valence-corrected chi connectivity index (χ1v) is 4.85. The molecule has 0 aliphatic carbocycles. The van der Waals surface area contributed by atoms with E-state index < -0.39 is 28.2 Å². The van der Waals surface area contributed by atoms with Crippen molar-refractivity contribution in [3.05, 3.63) is 34.1 Å². The summed E-state index contributed by atoms with van der Waals surface area (Å²) in [4.78, 5) is 31.9. The van der Waals surface area contributed by atoms with Gasteiger partial charge in [0.25, 0.3) is 5.69 Å². The molecule has 98 valence electrons. The molecule has 0 spiro atoms. The second kappa shape index (κ2) is 6.06. The lowest BCUT2D eigenvalue weighted by atomic mass is 10.2. The van der Waals surface area contributed by atoms with E-state index in [4.69, 9.17) is 5.26 Å². The van der Waals surface area contributed by atoms with Crippen molar-refractivity contribution in [3.8, 4) is 6.07 Å². The molecule has 2 N–H and O–H groups in total. The molecule has 0 atom stereocenters. The van der Waals surface area contributed by atoms with Crippen LogP contribution >= 0.6 is 0 Å². The minimum absolute atomic E-state index is 0.366. The van der Waals surface area contributed by atoms with E-state index in [1.54, 1.807) is 6.07 Å². The largest absolute Gasteiger partial charge is 0.335 e. The van der Waals surface area contributed by atoms with Gasteiger partial charge in [-0.3, -0.25) is 19.7 Å². The van der Waals surface area contributed by atoms with Gasteiger partial charge in [-0.05, 0) is 6.07 Å². The monoisotopic (exact) mass is 266 g/mol. The molecular weight excluding hydrogens is 259 g/mol. The van der Waals surface area contributed by atoms with Gasteiger partial charge in [0.15, 0.2) is 5.82 Å². The number of rotatable bonds is 3. The van der Waals surface area contributed by atoms with Gasteiger partial charge in [0.1, 0.15) is 6.54 Å². The van der Waals surface area contributed by atoms with Crippen molar-refractivity contribution < 1.29 is 18.9 Å². The number of carbonyl (C=O) groups is 2. The standard InChI is InChI=1S/C10H7FN4O4/c11-7-5-6(15(18)19)1-2-8(7)14-10(17)9(16)13-4-3-12/h1-2,5H,4H2,(H,13,16)(H,14,17). The number of nitro groups is 1. The number of amides is 2. The molecule has 19 heavy (non-hydrogen) atoms. The van der Waals surface area contributed by atoms with Gasteiger partial charge in [-0.1, -0.05) is 0 Å². The second-order valence-corrected chi connectivity index (χ2v) is 3.22. The molecule has 0 radical (unpaired) electrons. The third-order valence-electron chi connectivity index (χ3n) is 1.95. The molecule has 0 saturated heterocycles. The van der Waals surface area contributed by atoms with Crippen LogP contribution in [0, 0.1) is 27.3 Å². The molecular formula is C10H7FN4O4. The second-order valence-electron chi connectivity index (χ2n) is 3.22. The van der Waals surface area contributed by atoms with E-state index in [-0.39, 0.29) is 12.2 Å². The molecule has 0 bridgehead atoms. The number of anilines is 1. The Morgan fingerprint density at radius 1 is 1.42 bits per heavy atom. The van der Waals surface area contributed by atoms with Crippen LogP contribution in [0.25, 0.3) is 0 Å². The van der Waals surface area contributed by atoms with Crippen LogP contribution in [0.4, 0.5) is 15.8 Å². The summed E-state index contributed by atoms with van der Waals surface area (Å²) in [5.41, 5.74) is -0.855. The number of nitriles is 1. The minimum atomic E-state index is -1.18. The topological polar surface area (TPSA) is 125 Å². The zero-order valence-corrected chi connectivity index (χ0v) is 9.34. The van der Waals surface area contributed by atoms with Crippen LogP contribution in [0.5, 0.6) is 0 Å². The zero-order valence-electron chi connectivity index (χ0n) is 9.34. The fourth-order valence-electron chi connectivity index (χ4n) is 1.10. The third kappa shape index (κ3) is 3.74. The van der Waals surface area contributed by atoms with E-state index in [1.165, 1.54) is 0 Å². The Morgan fingerprint density at radius 3 is 2.63 bits per heavy atom. The van der Waals surface area contributed by atoms with Crippen LogP contribution in [0.2, 0.25) is 0 Å². The summed E-state index contributed by atoms with van der Waals surface area (Å²) in [6, 6.07) is 4.14. The number of nitrogens with one attached hydrogen (secondary N) is 2. The highest BCUT2D eigenvalue weighted by atomic mass is 19.1. The number of nitro benzene ring substituents is 1. The number of non-ortho nitro benzene ring substituents is 1. The van der Waals surface area contributed by atoms with Gasteiger partial charge in [0, 0.05) is 6.07 Å². The van der Waals surface area contributed by atoms with Crippen molar-refractivity contribution >= 4 is 23.2 Å². The van der Waals surface area contributed by atoms with Gasteiger partial charge in [-0.25, -0.2) is 4.39 Å². The molecule has 0 aliphatic heterocycles. The van der Waals surface area contributed by atoms with Crippen molar-refractivity contribution in [2.45, 2.75) is 0 Å². The minimum Gasteiger partial charge on any atom is -0.335 e. The Labute approximate surface area is 106 Å². The average Bonchev–Trinajstić information content (AvgIpc) is 2.37. The SMILES string of the molecule is N#CCNC(=O)C(=O)Nc1ccc([N+](=O)[O-])cc1F. The molecule has 0 saturated carbocycles. The molecule has 0 unspecified atom stereocenters. The Bertz CT molecular complexity index is 581. The van der Waals surface area contributed by atoms with Crippen LogP contribution in [0.3, 0.4) is 0 Å². The van der Waals surface area contributed by atoms with Gasteiger partial charge in [-0.2, -0.15) is 5.26 Å². The van der Waals surface area contributed by atoms with Gasteiger partial charge < -0.3 is 10.6 Å². The van der Waals surface area contributed by atoms with Crippen molar-refractivity contribution in [1.82, 2.24) is 5.32 Å². The lowest BCUT2D eigenvalue weighted by Gasteiger charge is -2.05. The molecule has 0 aromatic heterocycles. The Hall–Kier alpha value is -3.02. The summed E-state index contributed by atoms with van der Waals surface area (Å²) in [5, 5.41) is 22.4. The molecule has 1 aromatic rings. The van der Waals surface area contributed by atoms with Crippen LogP contribution < -0.4 is 10.6 Å². The zero-order chi connectivity index (χ0) is 14.4. The van der Waals surface area contributed by atoms with Crippen LogP contribution in [-0.4, -0.2) is 23.3 Å². The number of carbonyl (C=O) groups excluding carboxylic acids is 2. The van der Waals surface area contributed by atoms with Crippen molar-refractivity contribution in [1.29, 1.82) is 5.26 Å². The maximum absolute atomic E-state index is 13.4. The summed E-state index contributed by atoms with van der Waals surface area (Å²) < 4.78 is 13.4.